The summed E-state index contributed by atoms with van der Waals surface area (Å²) < 4.78 is 10.6. The van der Waals surface area contributed by atoms with Crippen molar-refractivity contribution in [3.63, 3.8) is 0 Å². The van der Waals surface area contributed by atoms with Crippen LogP contribution in [0.3, 0.4) is 0 Å². The molecule has 1 aromatic rings. The Morgan fingerprint density at radius 1 is 1.14 bits per heavy atom. The van der Waals surface area contributed by atoms with E-state index in [4.69, 9.17) is 14.5 Å². The van der Waals surface area contributed by atoms with Crippen LogP contribution >= 0.6 is 24.0 Å². The second-order valence-electron chi connectivity index (χ2n) is 7.09. The van der Waals surface area contributed by atoms with E-state index in [2.05, 4.69) is 31.4 Å². The third-order valence-corrected chi connectivity index (χ3v) is 4.35. The minimum Gasteiger partial charge on any atom is -0.493 e. The third kappa shape index (κ3) is 10.4. The molecule has 0 heterocycles. The molecular weight excluding hydrogens is 469 g/mol. The Morgan fingerprint density at radius 3 is 2.43 bits per heavy atom. The van der Waals surface area contributed by atoms with E-state index in [1.807, 2.05) is 18.2 Å². The predicted molar refractivity (Wildman–Crippen MR) is 127 cm³/mol. The van der Waals surface area contributed by atoms with Crippen LogP contribution in [0.15, 0.2) is 23.2 Å². The van der Waals surface area contributed by atoms with Crippen LogP contribution in [0, 0.1) is 11.8 Å². The Morgan fingerprint density at radius 2 is 1.86 bits per heavy atom. The van der Waals surface area contributed by atoms with Crippen molar-refractivity contribution in [1.82, 2.24) is 10.6 Å². The van der Waals surface area contributed by atoms with Gasteiger partial charge in [0.05, 0.1) is 14.2 Å². The Hall–Kier alpha value is -1.22. The minimum absolute atomic E-state index is 0. The van der Waals surface area contributed by atoms with Gasteiger partial charge in [0.15, 0.2) is 17.5 Å². The number of methoxy groups -OCH3 is 2. The van der Waals surface area contributed by atoms with Crippen molar-refractivity contribution < 1.29 is 14.6 Å². The molecule has 0 saturated carbocycles. The Balaban J connectivity index is 0.00000729. The smallest absolute Gasteiger partial charge is 0.191 e. The molecule has 0 aromatic heterocycles. The van der Waals surface area contributed by atoms with Crippen molar-refractivity contribution in [2.24, 2.45) is 16.8 Å². The topological polar surface area (TPSA) is 75.1 Å². The number of rotatable bonds is 12. The number of hydrogen-bond acceptors (Lipinski definition) is 4. The van der Waals surface area contributed by atoms with Gasteiger partial charge in [0.1, 0.15) is 0 Å². The van der Waals surface area contributed by atoms with Crippen LogP contribution in [0.4, 0.5) is 0 Å². The van der Waals surface area contributed by atoms with E-state index >= 15 is 0 Å². The molecule has 3 N–H and O–H groups in total. The number of guanidine groups is 1. The lowest BCUT2D eigenvalue weighted by molar-refractivity contribution is 0.245. The van der Waals surface area contributed by atoms with Gasteiger partial charge in [-0.15, -0.1) is 24.0 Å². The highest BCUT2D eigenvalue weighted by Crippen LogP contribution is 2.27. The summed E-state index contributed by atoms with van der Waals surface area (Å²) in [6.07, 6.45) is 2.73. The molecule has 1 aromatic carbocycles. The molecule has 1 unspecified atom stereocenters. The lowest BCUT2D eigenvalue weighted by Gasteiger charge is -2.17. The van der Waals surface area contributed by atoms with Crippen LogP contribution < -0.4 is 20.1 Å². The molecule has 28 heavy (non-hydrogen) atoms. The van der Waals surface area contributed by atoms with Crippen LogP contribution in [0.25, 0.3) is 0 Å². The van der Waals surface area contributed by atoms with E-state index in [-0.39, 0.29) is 30.6 Å². The zero-order chi connectivity index (χ0) is 20.1. The highest BCUT2D eigenvalue weighted by Gasteiger charge is 2.11. The minimum atomic E-state index is 0. The number of aliphatic hydroxyl groups is 1. The van der Waals surface area contributed by atoms with Crippen molar-refractivity contribution in [2.45, 2.75) is 40.0 Å². The van der Waals surface area contributed by atoms with Crippen molar-refractivity contribution in [3.05, 3.63) is 23.8 Å². The zero-order valence-corrected chi connectivity index (χ0v) is 20.3. The standard InChI is InChI=1S/C21H37N3O3.HI/c1-6-22-21(24-15-18(10-12-25)13-16(2)3)23-11-9-17-7-8-19(26-4)20(14-17)27-5;/h7-8,14,16,18,25H,6,9-13,15H2,1-5H3,(H2,22,23,24);1H. The van der Waals surface area contributed by atoms with Gasteiger partial charge >= 0.3 is 0 Å². The lowest BCUT2D eigenvalue weighted by Crippen LogP contribution is -2.38. The molecule has 0 aliphatic heterocycles. The summed E-state index contributed by atoms with van der Waals surface area (Å²) in [4.78, 5) is 4.72. The molecule has 0 aliphatic carbocycles. The van der Waals surface area contributed by atoms with Gasteiger partial charge in [-0.3, -0.25) is 4.99 Å². The highest BCUT2D eigenvalue weighted by molar-refractivity contribution is 14.0. The van der Waals surface area contributed by atoms with Crippen LogP contribution in [0.1, 0.15) is 39.2 Å². The number of aliphatic imine (C=N–C) groups is 1. The SMILES string of the molecule is CCNC(=NCC(CCO)CC(C)C)NCCc1ccc(OC)c(OC)c1.I. The summed E-state index contributed by atoms with van der Waals surface area (Å²) in [6.45, 7) is 9.01. The summed E-state index contributed by atoms with van der Waals surface area (Å²) >= 11 is 0. The molecule has 0 radical (unpaired) electrons. The molecule has 0 fully saturated rings. The Bertz CT molecular complexity index is 568. The van der Waals surface area contributed by atoms with Gasteiger partial charge in [-0.2, -0.15) is 0 Å². The van der Waals surface area contributed by atoms with E-state index in [0.717, 1.165) is 56.4 Å². The Labute approximate surface area is 187 Å². The first-order valence-corrected chi connectivity index (χ1v) is 9.87. The van der Waals surface area contributed by atoms with Gasteiger partial charge in [-0.05, 0) is 55.7 Å². The first-order valence-electron chi connectivity index (χ1n) is 9.87. The average Bonchev–Trinajstić information content (AvgIpc) is 2.65. The second kappa shape index (κ2) is 15.7. The summed E-state index contributed by atoms with van der Waals surface area (Å²) in [6, 6.07) is 5.98. The van der Waals surface area contributed by atoms with E-state index in [0.29, 0.717) is 11.8 Å². The van der Waals surface area contributed by atoms with E-state index in [1.165, 1.54) is 5.56 Å². The summed E-state index contributed by atoms with van der Waals surface area (Å²) in [5.41, 5.74) is 1.17. The first-order chi connectivity index (χ1) is 13.0. The number of nitrogens with zero attached hydrogens (tertiary/aromatic N) is 1. The molecule has 1 rings (SSSR count). The summed E-state index contributed by atoms with van der Waals surface area (Å²) in [5, 5.41) is 15.9. The zero-order valence-electron chi connectivity index (χ0n) is 18.0. The van der Waals surface area contributed by atoms with Crippen LogP contribution in [-0.2, 0) is 6.42 Å². The molecule has 1 atom stereocenters. The first kappa shape index (κ1) is 26.8. The van der Waals surface area contributed by atoms with Crippen LogP contribution in [0.2, 0.25) is 0 Å². The fourth-order valence-electron chi connectivity index (χ4n) is 3.06. The lowest BCUT2D eigenvalue weighted by atomic mass is 9.94. The Kier molecular flexibility index (Phi) is 15.0. The van der Waals surface area contributed by atoms with Gasteiger partial charge in [0.25, 0.3) is 0 Å². The highest BCUT2D eigenvalue weighted by atomic mass is 127. The maximum atomic E-state index is 9.27. The van der Waals surface area contributed by atoms with Gasteiger partial charge in [-0.25, -0.2) is 0 Å². The van der Waals surface area contributed by atoms with E-state index in [9.17, 15) is 5.11 Å². The van der Waals surface area contributed by atoms with Crippen molar-refractivity contribution in [3.8, 4) is 11.5 Å². The number of benzene rings is 1. The molecule has 0 spiro atoms. The fraction of sp³-hybridized carbons (Fsp3) is 0.667. The van der Waals surface area contributed by atoms with Crippen molar-refractivity contribution >= 4 is 29.9 Å². The molecule has 6 nitrogen and oxygen atoms in total. The summed E-state index contributed by atoms with van der Waals surface area (Å²) in [5.74, 6) is 3.33. The van der Waals surface area contributed by atoms with Gasteiger partial charge in [-0.1, -0.05) is 19.9 Å². The number of ether oxygens (including phenoxy) is 2. The molecule has 0 saturated heterocycles. The van der Waals surface area contributed by atoms with Gasteiger partial charge < -0.3 is 25.2 Å². The average molecular weight is 507 g/mol. The largest absolute Gasteiger partial charge is 0.493 e. The monoisotopic (exact) mass is 507 g/mol. The molecule has 0 bridgehead atoms. The fourth-order valence-corrected chi connectivity index (χ4v) is 3.06. The third-order valence-electron chi connectivity index (χ3n) is 4.35. The number of hydrogen-bond donors (Lipinski definition) is 3. The second-order valence-corrected chi connectivity index (χ2v) is 7.09. The molecule has 162 valence electrons. The normalized spacial score (nSPS) is 12.3. The van der Waals surface area contributed by atoms with E-state index < -0.39 is 0 Å². The molecular formula is C21H38IN3O3. The predicted octanol–water partition coefficient (Wildman–Crippen LogP) is 3.46. The van der Waals surface area contributed by atoms with Gasteiger partial charge in [0, 0.05) is 26.2 Å². The summed E-state index contributed by atoms with van der Waals surface area (Å²) in [7, 11) is 3.29. The molecule has 0 aliphatic rings. The number of nitrogens with one attached hydrogen (secondary N) is 2. The quantitative estimate of drug-likeness (QED) is 0.230. The van der Waals surface area contributed by atoms with Crippen LogP contribution in [0.5, 0.6) is 11.5 Å². The maximum absolute atomic E-state index is 9.27. The van der Waals surface area contributed by atoms with Crippen molar-refractivity contribution in [2.75, 3.05) is 40.5 Å². The van der Waals surface area contributed by atoms with Crippen LogP contribution in [-0.4, -0.2) is 51.5 Å². The number of aliphatic hydroxyl groups excluding tert-OH is 1. The molecule has 0 amide bonds. The molecule has 7 heteroatoms. The maximum Gasteiger partial charge on any atom is 0.191 e. The van der Waals surface area contributed by atoms with E-state index in [1.54, 1.807) is 14.2 Å². The van der Waals surface area contributed by atoms with Crippen molar-refractivity contribution in [1.29, 1.82) is 0 Å². The van der Waals surface area contributed by atoms with Gasteiger partial charge in [0.2, 0.25) is 0 Å². The number of halogens is 1.